The molecule has 0 spiro atoms. The molecule has 0 aliphatic heterocycles. The number of aromatic nitrogens is 2. The van der Waals surface area contributed by atoms with Crippen molar-refractivity contribution >= 4 is 28.7 Å². The van der Waals surface area contributed by atoms with Gasteiger partial charge in [0.05, 0.1) is 26.9 Å². The van der Waals surface area contributed by atoms with Gasteiger partial charge in [-0.25, -0.2) is 0 Å². The van der Waals surface area contributed by atoms with Crippen LogP contribution in [0.5, 0.6) is 11.6 Å². The zero-order valence-corrected chi connectivity index (χ0v) is 18.2. The monoisotopic (exact) mass is 455 g/mol. The fourth-order valence-electron chi connectivity index (χ4n) is 2.81. The Morgan fingerprint density at radius 1 is 1.00 bits per heavy atom. The van der Waals surface area contributed by atoms with E-state index in [0.29, 0.717) is 36.8 Å². The molecule has 2 rings (SSSR count). The van der Waals surface area contributed by atoms with Gasteiger partial charge in [-0.05, 0) is 18.3 Å². The van der Waals surface area contributed by atoms with Crippen molar-refractivity contribution in [3.63, 3.8) is 0 Å². The molecule has 2 aromatic rings. The molecule has 12 nitrogen and oxygen atoms in total. The van der Waals surface area contributed by atoms with E-state index in [4.69, 9.17) is 16.3 Å². The lowest BCUT2D eigenvalue weighted by Gasteiger charge is -2.11. The average molecular weight is 456 g/mol. The molecule has 0 radical (unpaired) electrons. The number of hydrogen-bond acceptors (Lipinski definition) is 8. The normalized spacial score (nSPS) is 11.2. The Hall–Kier alpha value is -3.28. The molecule has 1 aromatic heterocycles. The summed E-state index contributed by atoms with van der Waals surface area (Å²) < 4.78 is 7.18. The minimum Gasteiger partial charge on any atom is -0.422 e. The van der Waals surface area contributed by atoms with Gasteiger partial charge in [-0.2, -0.15) is 4.98 Å². The number of benzene rings is 1. The van der Waals surface area contributed by atoms with E-state index in [-0.39, 0.29) is 17.0 Å². The van der Waals surface area contributed by atoms with Crippen LogP contribution in [0.2, 0.25) is 5.15 Å². The van der Waals surface area contributed by atoms with Gasteiger partial charge in [-0.15, -0.1) is 0 Å². The molecule has 0 saturated carbocycles. The first-order valence-corrected chi connectivity index (χ1v) is 9.84. The van der Waals surface area contributed by atoms with Gasteiger partial charge < -0.3 is 9.30 Å². The van der Waals surface area contributed by atoms with Crippen molar-refractivity contribution in [2.45, 2.75) is 47.1 Å². The SMILES string of the molecule is CC(C)CCn1c(CC(C)C)nc(Oc2c([N+](=O)[O-])cc([N+](=O)[O-])cc2[N+](=O)[O-])c1Cl. The molecule has 31 heavy (non-hydrogen) atoms. The molecule has 0 N–H and O–H groups in total. The molecule has 0 fully saturated rings. The zero-order chi connectivity index (χ0) is 23.5. The molecule has 0 aliphatic rings. The maximum Gasteiger partial charge on any atom is 0.325 e. The maximum atomic E-state index is 11.5. The van der Waals surface area contributed by atoms with Crippen molar-refractivity contribution in [2.75, 3.05) is 0 Å². The standard InChI is InChI=1S/C18H22ClN5O7/c1-10(2)5-6-21-15(7-11(3)4)20-18(17(21)19)31-16-13(23(27)28)8-12(22(25)26)9-14(16)24(29)30/h8-11H,5-7H2,1-4H3. The van der Waals surface area contributed by atoms with Gasteiger partial charge in [0.25, 0.3) is 17.3 Å². The molecule has 0 atom stereocenters. The number of imidazole rings is 1. The second-order valence-corrected chi connectivity index (χ2v) is 8.10. The Balaban J connectivity index is 2.62. The minimum atomic E-state index is -0.992. The fourth-order valence-corrected chi connectivity index (χ4v) is 3.08. The number of ether oxygens (including phenoxy) is 1. The molecular formula is C18H22ClN5O7. The van der Waals surface area contributed by atoms with Gasteiger partial charge in [0.1, 0.15) is 5.82 Å². The third kappa shape index (κ3) is 5.66. The van der Waals surface area contributed by atoms with Crippen molar-refractivity contribution in [1.82, 2.24) is 9.55 Å². The van der Waals surface area contributed by atoms with Crippen LogP contribution in [0.1, 0.15) is 39.9 Å². The predicted molar refractivity (Wildman–Crippen MR) is 112 cm³/mol. The number of nitro benzene ring substituents is 3. The van der Waals surface area contributed by atoms with Gasteiger partial charge in [0, 0.05) is 13.0 Å². The Labute approximate surface area is 182 Å². The third-order valence-electron chi connectivity index (χ3n) is 4.31. The topological polar surface area (TPSA) is 156 Å². The van der Waals surface area contributed by atoms with Crippen molar-refractivity contribution in [3.05, 3.63) is 53.5 Å². The third-order valence-corrected chi connectivity index (χ3v) is 4.68. The summed E-state index contributed by atoms with van der Waals surface area (Å²) in [5, 5.41) is 34.0. The lowest BCUT2D eigenvalue weighted by atomic mass is 10.1. The second kappa shape index (κ2) is 9.69. The largest absolute Gasteiger partial charge is 0.422 e. The molecule has 0 amide bonds. The summed E-state index contributed by atoms with van der Waals surface area (Å²) in [4.78, 5) is 35.3. The Kier molecular flexibility index (Phi) is 7.50. The van der Waals surface area contributed by atoms with Crippen LogP contribution in [-0.4, -0.2) is 24.3 Å². The molecule has 1 aromatic carbocycles. The van der Waals surface area contributed by atoms with Crippen LogP contribution < -0.4 is 4.74 Å². The van der Waals surface area contributed by atoms with Crippen LogP contribution in [0.3, 0.4) is 0 Å². The van der Waals surface area contributed by atoms with Gasteiger partial charge in [-0.1, -0.05) is 39.3 Å². The Morgan fingerprint density at radius 3 is 1.97 bits per heavy atom. The smallest absolute Gasteiger partial charge is 0.325 e. The Bertz CT molecular complexity index is 984. The highest BCUT2D eigenvalue weighted by Crippen LogP contribution is 2.44. The molecule has 1 heterocycles. The van der Waals surface area contributed by atoms with E-state index in [1.165, 1.54) is 0 Å². The van der Waals surface area contributed by atoms with E-state index in [9.17, 15) is 30.3 Å². The van der Waals surface area contributed by atoms with Crippen molar-refractivity contribution in [3.8, 4) is 11.6 Å². The van der Waals surface area contributed by atoms with Crippen LogP contribution in [-0.2, 0) is 13.0 Å². The predicted octanol–water partition coefficient (Wildman–Crippen LogP) is 5.30. The van der Waals surface area contributed by atoms with E-state index >= 15 is 0 Å². The number of non-ortho nitro benzene ring substituents is 1. The van der Waals surface area contributed by atoms with Crippen LogP contribution in [0.4, 0.5) is 17.1 Å². The number of hydrogen-bond donors (Lipinski definition) is 0. The van der Waals surface area contributed by atoms with E-state index in [0.717, 1.165) is 6.42 Å². The number of rotatable bonds is 10. The first-order chi connectivity index (χ1) is 14.4. The number of halogens is 1. The highest BCUT2D eigenvalue weighted by molar-refractivity contribution is 6.31. The summed E-state index contributed by atoms with van der Waals surface area (Å²) in [5.41, 5.74) is -2.67. The summed E-state index contributed by atoms with van der Waals surface area (Å²) in [5.74, 6) is 0.148. The van der Waals surface area contributed by atoms with Gasteiger partial charge in [0.15, 0.2) is 5.15 Å². The Morgan fingerprint density at radius 2 is 1.55 bits per heavy atom. The van der Waals surface area contributed by atoms with Crippen LogP contribution in [0, 0.1) is 42.2 Å². The van der Waals surface area contributed by atoms with Gasteiger partial charge >= 0.3 is 11.4 Å². The molecule has 0 saturated heterocycles. The quantitative estimate of drug-likeness (QED) is 0.345. The number of nitro groups is 3. The van der Waals surface area contributed by atoms with Crippen LogP contribution in [0.25, 0.3) is 0 Å². The summed E-state index contributed by atoms with van der Waals surface area (Å²) in [7, 11) is 0. The molecule has 168 valence electrons. The molecule has 13 heteroatoms. The van der Waals surface area contributed by atoms with Crippen LogP contribution >= 0.6 is 11.6 Å². The average Bonchev–Trinajstić information content (AvgIpc) is 2.93. The highest BCUT2D eigenvalue weighted by atomic mass is 35.5. The van der Waals surface area contributed by atoms with Crippen LogP contribution in [0.15, 0.2) is 12.1 Å². The number of nitrogens with zero attached hydrogens (tertiary/aromatic N) is 5. The van der Waals surface area contributed by atoms with E-state index in [1.807, 2.05) is 27.7 Å². The summed E-state index contributed by atoms with van der Waals surface area (Å²) in [6, 6.07) is 1.20. The zero-order valence-electron chi connectivity index (χ0n) is 17.4. The summed E-state index contributed by atoms with van der Waals surface area (Å²) >= 11 is 6.42. The second-order valence-electron chi connectivity index (χ2n) is 7.74. The fraction of sp³-hybridized carbons (Fsp3) is 0.500. The van der Waals surface area contributed by atoms with E-state index in [1.54, 1.807) is 4.57 Å². The van der Waals surface area contributed by atoms with E-state index in [2.05, 4.69) is 4.98 Å². The molecule has 0 unspecified atom stereocenters. The van der Waals surface area contributed by atoms with Crippen molar-refractivity contribution in [2.24, 2.45) is 11.8 Å². The summed E-state index contributed by atoms with van der Waals surface area (Å²) in [6.07, 6.45) is 1.31. The van der Waals surface area contributed by atoms with Crippen molar-refractivity contribution in [1.29, 1.82) is 0 Å². The lowest BCUT2D eigenvalue weighted by Crippen LogP contribution is -2.08. The molecular weight excluding hydrogens is 434 g/mol. The minimum absolute atomic E-state index is 0.0400. The van der Waals surface area contributed by atoms with Gasteiger partial charge in [0.2, 0.25) is 0 Å². The van der Waals surface area contributed by atoms with E-state index < -0.39 is 37.6 Å². The molecule has 0 aliphatic carbocycles. The van der Waals surface area contributed by atoms with Crippen molar-refractivity contribution < 1.29 is 19.5 Å². The molecule has 0 bridgehead atoms. The lowest BCUT2D eigenvalue weighted by molar-refractivity contribution is -0.404. The van der Waals surface area contributed by atoms with Gasteiger partial charge in [-0.3, -0.25) is 30.3 Å². The first kappa shape index (κ1) is 24.0. The first-order valence-electron chi connectivity index (χ1n) is 9.46. The maximum absolute atomic E-state index is 11.5. The highest BCUT2D eigenvalue weighted by Gasteiger charge is 2.34. The summed E-state index contributed by atoms with van der Waals surface area (Å²) in [6.45, 7) is 8.53.